The van der Waals surface area contributed by atoms with Gasteiger partial charge in [-0.15, -0.1) is 0 Å². The minimum absolute atomic E-state index is 0.564. The van der Waals surface area contributed by atoms with E-state index in [2.05, 4.69) is 19.1 Å². The standard InChI is InChI=1S/C14H16N2/c1-2-3-4-5-6-13-8-7-12(10-15)9-14(13)11-16/h7-9H,2-6H2,1H3. The van der Waals surface area contributed by atoms with Crippen molar-refractivity contribution in [1.82, 2.24) is 0 Å². The number of benzene rings is 1. The monoisotopic (exact) mass is 212 g/mol. The Morgan fingerprint density at radius 2 is 1.88 bits per heavy atom. The van der Waals surface area contributed by atoms with Crippen molar-refractivity contribution < 1.29 is 0 Å². The summed E-state index contributed by atoms with van der Waals surface area (Å²) in [4.78, 5) is 0. The van der Waals surface area contributed by atoms with Crippen molar-refractivity contribution >= 4 is 0 Å². The van der Waals surface area contributed by atoms with Crippen molar-refractivity contribution in [3.8, 4) is 12.1 Å². The van der Waals surface area contributed by atoms with Gasteiger partial charge in [0.2, 0.25) is 0 Å². The molecule has 0 aliphatic heterocycles. The molecule has 82 valence electrons. The quantitative estimate of drug-likeness (QED) is 0.701. The highest BCUT2D eigenvalue weighted by Crippen LogP contribution is 2.14. The van der Waals surface area contributed by atoms with E-state index in [4.69, 9.17) is 10.5 Å². The molecule has 2 nitrogen and oxygen atoms in total. The Kier molecular flexibility index (Phi) is 5.09. The summed E-state index contributed by atoms with van der Waals surface area (Å²) in [6.45, 7) is 2.18. The predicted octanol–water partition coefficient (Wildman–Crippen LogP) is 3.55. The molecule has 0 heterocycles. The molecule has 0 aromatic heterocycles. The van der Waals surface area contributed by atoms with Crippen molar-refractivity contribution in [2.75, 3.05) is 0 Å². The summed E-state index contributed by atoms with van der Waals surface area (Å²) in [5.74, 6) is 0. The van der Waals surface area contributed by atoms with Gasteiger partial charge in [0.05, 0.1) is 23.3 Å². The first kappa shape index (κ1) is 12.3. The molecule has 0 saturated heterocycles. The molecule has 0 N–H and O–H groups in total. The van der Waals surface area contributed by atoms with Crippen molar-refractivity contribution in [1.29, 1.82) is 10.5 Å². The van der Waals surface area contributed by atoms with Crippen LogP contribution in [0.4, 0.5) is 0 Å². The topological polar surface area (TPSA) is 47.6 Å². The molecule has 0 bridgehead atoms. The van der Waals surface area contributed by atoms with Gasteiger partial charge in [0.25, 0.3) is 0 Å². The van der Waals surface area contributed by atoms with E-state index in [-0.39, 0.29) is 0 Å². The van der Waals surface area contributed by atoms with Crippen molar-refractivity contribution in [3.05, 3.63) is 34.9 Å². The fourth-order valence-electron chi connectivity index (χ4n) is 1.71. The van der Waals surface area contributed by atoms with Gasteiger partial charge in [0, 0.05) is 0 Å². The van der Waals surface area contributed by atoms with E-state index in [9.17, 15) is 0 Å². The molecule has 0 atom stereocenters. The molecule has 0 spiro atoms. The summed E-state index contributed by atoms with van der Waals surface area (Å²) >= 11 is 0. The molecule has 0 aliphatic carbocycles. The first-order chi connectivity index (χ1) is 7.81. The molecule has 0 aliphatic rings. The average Bonchev–Trinajstić information content (AvgIpc) is 2.34. The summed E-state index contributed by atoms with van der Waals surface area (Å²) in [6.07, 6.45) is 5.74. The van der Waals surface area contributed by atoms with Crippen LogP contribution >= 0.6 is 0 Å². The molecule has 1 aromatic carbocycles. The number of unbranched alkanes of at least 4 members (excludes halogenated alkanes) is 3. The number of nitrogens with zero attached hydrogens (tertiary/aromatic N) is 2. The largest absolute Gasteiger partial charge is 0.192 e. The fraction of sp³-hybridized carbons (Fsp3) is 0.429. The molecule has 16 heavy (non-hydrogen) atoms. The van der Waals surface area contributed by atoms with Gasteiger partial charge in [-0.05, 0) is 30.5 Å². The molecular weight excluding hydrogens is 196 g/mol. The maximum absolute atomic E-state index is 8.98. The summed E-state index contributed by atoms with van der Waals surface area (Å²) in [7, 11) is 0. The van der Waals surface area contributed by atoms with Gasteiger partial charge in [-0.1, -0.05) is 32.3 Å². The highest BCUT2D eigenvalue weighted by molar-refractivity contribution is 5.44. The number of nitriles is 2. The normalized spacial score (nSPS) is 9.44. The van der Waals surface area contributed by atoms with Crippen molar-refractivity contribution in [3.63, 3.8) is 0 Å². The molecule has 2 heteroatoms. The molecule has 0 unspecified atom stereocenters. The first-order valence-electron chi connectivity index (χ1n) is 5.75. The van der Waals surface area contributed by atoms with E-state index < -0.39 is 0 Å². The zero-order chi connectivity index (χ0) is 11.8. The lowest BCUT2D eigenvalue weighted by atomic mass is 10.00. The number of hydrogen-bond acceptors (Lipinski definition) is 2. The van der Waals surface area contributed by atoms with Crippen LogP contribution in [0.1, 0.15) is 49.3 Å². The number of hydrogen-bond donors (Lipinski definition) is 0. The second-order valence-corrected chi connectivity index (χ2v) is 3.91. The third-order valence-corrected chi connectivity index (χ3v) is 2.66. The molecule has 1 aromatic rings. The van der Waals surface area contributed by atoms with Crippen LogP contribution in [-0.4, -0.2) is 0 Å². The van der Waals surface area contributed by atoms with E-state index in [1.165, 1.54) is 19.3 Å². The van der Waals surface area contributed by atoms with E-state index in [0.29, 0.717) is 11.1 Å². The van der Waals surface area contributed by atoms with Crippen LogP contribution < -0.4 is 0 Å². The van der Waals surface area contributed by atoms with Crippen molar-refractivity contribution in [2.45, 2.75) is 39.0 Å². The molecule has 0 amide bonds. The van der Waals surface area contributed by atoms with Crippen molar-refractivity contribution in [2.24, 2.45) is 0 Å². The molecular formula is C14H16N2. The Bertz CT molecular complexity index is 421. The summed E-state index contributed by atoms with van der Waals surface area (Å²) in [6, 6.07) is 9.58. The molecule has 1 rings (SSSR count). The molecule has 0 saturated carbocycles. The highest BCUT2D eigenvalue weighted by Gasteiger charge is 2.03. The summed E-state index contributed by atoms with van der Waals surface area (Å²) in [5, 5.41) is 17.7. The van der Waals surface area contributed by atoms with Gasteiger partial charge >= 0.3 is 0 Å². The predicted molar refractivity (Wildman–Crippen MR) is 63.7 cm³/mol. The average molecular weight is 212 g/mol. The van der Waals surface area contributed by atoms with Crippen LogP contribution in [0.5, 0.6) is 0 Å². The lowest BCUT2D eigenvalue weighted by Gasteiger charge is -2.03. The Labute approximate surface area is 97.1 Å². The highest BCUT2D eigenvalue weighted by atomic mass is 14.3. The third kappa shape index (κ3) is 3.41. The fourth-order valence-corrected chi connectivity index (χ4v) is 1.71. The molecule has 0 fully saturated rings. The van der Waals surface area contributed by atoms with Gasteiger partial charge in [-0.25, -0.2) is 0 Å². The summed E-state index contributed by atoms with van der Waals surface area (Å²) in [5.41, 5.74) is 2.28. The third-order valence-electron chi connectivity index (χ3n) is 2.66. The van der Waals surface area contributed by atoms with E-state index in [0.717, 1.165) is 18.4 Å². The van der Waals surface area contributed by atoms with E-state index in [1.54, 1.807) is 12.1 Å². The van der Waals surface area contributed by atoms with E-state index >= 15 is 0 Å². The number of aryl methyl sites for hydroxylation is 1. The maximum Gasteiger partial charge on any atom is 0.0994 e. The second-order valence-electron chi connectivity index (χ2n) is 3.91. The van der Waals surface area contributed by atoms with Crippen LogP contribution in [0.2, 0.25) is 0 Å². The zero-order valence-electron chi connectivity index (χ0n) is 9.66. The lowest BCUT2D eigenvalue weighted by molar-refractivity contribution is 0.666. The van der Waals surface area contributed by atoms with Crippen LogP contribution in [0.25, 0.3) is 0 Å². The minimum Gasteiger partial charge on any atom is -0.192 e. The Balaban J connectivity index is 2.67. The molecule has 0 radical (unpaired) electrons. The Morgan fingerprint density at radius 1 is 1.06 bits per heavy atom. The SMILES string of the molecule is CCCCCCc1ccc(C#N)cc1C#N. The smallest absolute Gasteiger partial charge is 0.0994 e. The lowest BCUT2D eigenvalue weighted by Crippen LogP contribution is -1.92. The zero-order valence-corrected chi connectivity index (χ0v) is 9.66. The van der Waals surface area contributed by atoms with Crippen LogP contribution in [-0.2, 0) is 6.42 Å². The Morgan fingerprint density at radius 3 is 2.50 bits per heavy atom. The minimum atomic E-state index is 0.564. The van der Waals surface area contributed by atoms with Gasteiger partial charge < -0.3 is 0 Å². The number of rotatable bonds is 5. The van der Waals surface area contributed by atoms with Gasteiger partial charge in [-0.3, -0.25) is 0 Å². The van der Waals surface area contributed by atoms with Crippen LogP contribution in [0.3, 0.4) is 0 Å². The van der Waals surface area contributed by atoms with Crippen LogP contribution in [0.15, 0.2) is 18.2 Å². The second kappa shape index (κ2) is 6.64. The van der Waals surface area contributed by atoms with E-state index in [1.807, 2.05) is 6.07 Å². The van der Waals surface area contributed by atoms with Crippen LogP contribution in [0, 0.1) is 22.7 Å². The first-order valence-corrected chi connectivity index (χ1v) is 5.75. The maximum atomic E-state index is 8.98. The van der Waals surface area contributed by atoms with Gasteiger partial charge in [0.15, 0.2) is 0 Å². The summed E-state index contributed by atoms with van der Waals surface area (Å²) < 4.78 is 0. The Hall–Kier alpha value is -1.80. The van der Waals surface area contributed by atoms with Gasteiger partial charge in [0.1, 0.15) is 0 Å². The van der Waals surface area contributed by atoms with Gasteiger partial charge in [-0.2, -0.15) is 10.5 Å².